The second-order valence-electron chi connectivity index (χ2n) is 6.25. The molecule has 0 saturated carbocycles. The first-order chi connectivity index (χ1) is 13.1. The standard InChI is InChI=1S/C20H18N4OS2/c1-12-6-5-7-14(10-12)22-19-23-24-20(27-19)26-11-17(25)18-13(2)21-16-9-4-3-8-15(16)18/h3-10,21H,11H2,1-2H3,(H,22,23). The lowest BCUT2D eigenvalue weighted by atomic mass is 10.1. The maximum atomic E-state index is 12.7. The third kappa shape index (κ3) is 3.89. The summed E-state index contributed by atoms with van der Waals surface area (Å²) in [5, 5.41) is 13.3. The minimum absolute atomic E-state index is 0.0957. The van der Waals surface area contributed by atoms with Crippen molar-refractivity contribution in [1.29, 1.82) is 0 Å². The van der Waals surface area contributed by atoms with E-state index in [4.69, 9.17) is 0 Å². The minimum atomic E-state index is 0.0957. The fourth-order valence-corrected chi connectivity index (χ4v) is 4.64. The summed E-state index contributed by atoms with van der Waals surface area (Å²) in [6.07, 6.45) is 0. The van der Waals surface area contributed by atoms with Crippen molar-refractivity contribution in [1.82, 2.24) is 15.2 Å². The number of hydrogen-bond donors (Lipinski definition) is 2. The number of aromatic nitrogens is 3. The SMILES string of the molecule is Cc1cccc(Nc2nnc(SCC(=O)c3c(C)[nH]c4ccccc34)s2)c1. The van der Waals surface area contributed by atoms with E-state index >= 15 is 0 Å². The van der Waals surface area contributed by atoms with Gasteiger partial charge in [0.25, 0.3) is 0 Å². The van der Waals surface area contributed by atoms with Crippen LogP contribution in [0.2, 0.25) is 0 Å². The summed E-state index contributed by atoms with van der Waals surface area (Å²) >= 11 is 2.87. The van der Waals surface area contributed by atoms with E-state index in [9.17, 15) is 4.79 Å². The van der Waals surface area contributed by atoms with Crippen molar-refractivity contribution in [3.63, 3.8) is 0 Å². The van der Waals surface area contributed by atoms with Gasteiger partial charge in [-0.25, -0.2) is 0 Å². The third-order valence-corrected chi connectivity index (χ3v) is 6.15. The van der Waals surface area contributed by atoms with Crippen molar-refractivity contribution < 1.29 is 4.79 Å². The molecule has 0 aliphatic rings. The molecule has 0 spiro atoms. The molecule has 0 aliphatic heterocycles. The van der Waals surface area contributed by atoms with Crippen LogP contribution in [-0.4, -0.2) is 26.7 Å². The molecule has 0 saturated heterocycles. The number of fused-ring (bicyclic) bond motifs is 1. The molecule has 0 aliphatic carbocycles. The molecule has 4 aromatic rings. The number of H-pyrrole nitrogens is 1. The highest BCUT2D eigenvalue weighted by atomic mass is 32.2. The number of Topliss-reactive ketones (excluding diaryl/α,β-unsaturated/α-hetero) is 1. The Bertz CT molecular complexity index is 1120. The molecule has 2 N–H and O–H groups in total. The number of anilines is 2. The van der Waals surface area contributed by atoms with Gasteiger partial charge in [0.05, 0.1) is 5.75 Å². The zero-order chi connectivity index (χ0) is 18.8. The average molecular weight is 395 g/mol. The third-order valence-electron chi connectivity index (χ3n) is 4.17. The topological polar surface area (TPSA) is 70.7 Å². The van der Waals surface area contributed by atoms with Crippen molar-refractivity contribution >= 4 is 50.6 Å². The van der Waals surface area contributed by atoms with Gasteiger partial charge in [0.1, 0.15) is 0 Å². The summed E-state index contributed by atoms with van der Waals surface area (Å²) in [5.41, 5.74) is 4.82. The van der Waals surface area contributed by atoms with Gasteiger partial charge in [-0.2, -0.15) is 0 Å². The lowest BCUT2D eigenvalue weighted by Gasteiger charge is -2.02. The molecule has 27 heavy (non-hydrogen) atoms. The second kappa shape index (κ2) is 7.54. The van der Waals surface area contributed by atoms with E-state index in [0.717, 1.165) is 37.3 Å². The Labute approximate surface area is 165 Å². The van der Waals surface area contributed by atoms with Crippen LogP contribution in [0.5, 0.6) is 0 Å². The van der Waals surface area contributed by atoms with Crippen LogP contribution in [0.25, 0.3) is 10.9 Å². The van der Waals surface area contributed by atoms with E-state index in [1.165, 1.54) is 28.7 Å². The summed E-state index contributed by atoms with van der Waals surface area (Å²) in [7, 11) is 0. The van der Waals surface area contributed by atoms with Crippen LogP contribution in [0.4, 0.5) is 10.8 Å². The molecule has 0 bridgehead atoms. The fraction of sp³-hybridized carbons (Fsp3) is 0.150. The second-order valence-corrected chi connectivity index (χ2v) is 8.45. The number of aryl methyl sites for hydroxylation is 2. The van der Waals surface area contributed by atoms with Crippen LogP contribution in [0.1, 0.15) is 21.6 Å². The molecular weight excluding hydrogens is 376 g/mol. The lowest BCUT2D eigenvalue weighted by Crippen LogP contribution is -2.03. The maximum Gasteiger partial charge on any atom is 0.210 e. The Balaban J connectivity index is 1.44. The smallest absolute Gasteiger partial charge is 0.210 e. The molecule has 0 atom stereocenters. The van der Waals surface area contributed by atoms with Gasteiger partial charge in [0.15, 0.2) is 10.1 Å². The van der Waals surface area contributed by atoms with E-state index in [1.807, 2.05) is 56.3 Å². The van der Waals surface area contributed by atoms with Crippen molar-refractivity contribution in [3.8, 4) is 0 Å². The van der Waals surface area contributed by atoms with E-state index in [0.29, 0.717) is 5.75 Å². The Morgan fingerprint density at radius 1 is 1.15 bits per heavy atom. The molecule has 2 heterocycles. The predicted molar refractivity (Wildman–Crippen MR) is 112 cm³/mol. The highest BCUT2D eigenvalue weighted by Crippen LogP contribution is 2.30. The lowest BCUT2D eigenvalue weighted by molar-refractivity contribution is 0.102. The first kappa shape index (κ1) is 17.8. The Kier molecular flexibility index (Phi) is 4.96. The number of rotatable bonds is 6. The molecule has 0 amide bonds. The summed E-state index contributed by atoms with van der Waals surface area (Å²) in [6, 6.07) is 16.0. The molecule has 0 radical (unpaired) electrons. The Morgan fingerprint density at radius 3 is 2.85 bits per heavy atom. The summed E-state index contributed by atoms with van der Waals surface area (Å²) < 4.78 is 0.774. The molecule has 7 heteroatoms. The molecule has 2 aromatic carbocycles. The number of carbonyl (C=O) groups excluding carboxylic acids is 1. The molecule has 136 valence electrons. The highest BCUT2D eigenvalue weighted by molar-refractivity contribution is 8.01. The van der Waals surface area contributed by atoms with Gasteiger partial charge >= 0.3 is 0 Å². The number of aromatic amines is 1. The molecular formula is C20H18N4OS2. The maximum absolute atomic E-state index is 12.7. The highest BCUT2D eigenvalue weighted by Gasteiger charge is 2.17. The number of benzene rings is 2. The zero-order valence-electron chi connectivity index (χ0n) is 14.9. The Morgan fingerprint density at radius 2 is 2.00 bits per heavy atom. The van der Waals surface area contributed by atoms with Crippen LogP contribution in [-0.2, 0) is 0 Å². The average Bonchev–Trinajstić information content (AvgIpc) is 3.22. The largest absolute Gasteiger partial charge is 0.358 e. The first-order valence-corrected chi connectivity index (χ1v) is 10.3. The van der Waals surface area contributed by atoms with Gasteiger partial charge in [-0.3, -0.25) is 4.79 Å². The van der Waals surface area contributed by atoms with Crippen LogP contribution in [0.3, 0.4) is 0 Å². The molecule has 0 fully saturated rings. The summed E-state index contributed by atoms with van der Waals surface area (Å²) in [4.78, 5) is 16.0. The molecule has 0 unspecified atom stereocenters. The number of nitrogens with zero attached hydrogens (tertiary/aromatic N) is 2. The van der Waals surface area contributed by atoms with Crippen molar-refractivity contribution in [2.75, 3.05) is 11.1 Å². The molecule has 2 aromatic heterocycles. The first-order valence-electron chi connectivity index (χ1n) is 8.50. The fourth-order valence-electron chi connectivity index (χ4n) is 3.00. The monoisotopic (exact) mass is 394 g/mol. The van der Waals surface area contributed by atoms with Crippen LogP contribution < -0.4 is 5.32 Å². The number of nitrogens with one attached hydrogen (secondary N) is 2. The number of carbonyl (C=O) groups is 1. The summed E-state index contributed by atoms with van der Waals surface area (Å²) in [5.74, 6) is 0.431. The van der Waals surface area contributed by atoms with Crippen molar-refractivity contribution in [3.05, 3.63) is 65.4 Å². The zero-order valence-corrected chi connectivity index (χ0v) is 16.6. The van der Waals surface area contributed by atoms with E-state index < -0.39 is 0 Å². The van der Waals surface area contributed by atoms with Gasteiger partial charge in [0.2, 0.25) is 5.13 Å². The van der Waals surface area contributed by atoms with Gasteiger partial charge in [-0.1, -0.05) is 53.4 Å². The predicted octanol–water partition coefficient (Wildman–Crippen LogP) is 5.35. The van der Waals surface area contributed by atoms with Crippen LogP contribution in [0, 0.1) is 13.8 Å². The number of thioether (sulfide) groups is 1. The molecule has 4 rings (SSSR count). The number of hydrogen-bond acceptors (Lipinski definition) is 6. The van der Waals surface area contributed by atoms with Crippen LogP contribution >= 0.6 is 23.1 Å². The van der Waals surface area contributed by atoms with E-state index in [1.54, 1.807) is 0 Å². The number of ketones is 1. The number of para-hydroxylation sites is 1. The van der Waals surface area contributed by atoms with Gasteiger partial charge in [0, 0.05) is 27.8 Å². The Hall–Kier alpha value is -2.64. The quantitative estimate of drug-likeness (QED) is 0.340. The normalized spacial score (nSPS) is 11.0. The van der Waals surface area contributed by atoms with E-state index in [2.05, 4.69) is 26.6 Å². The van der Waals surface area contributed by atoms with Crippen molar-refractivity contribution in [2.24, 2.45) is 0 Å². The van der Waals surface area contributed by atoms with Crippen molar-refractivity contribution in [2.45, 2.75) is 18.2 Å². The molecule has 5 nitrogen and oxygen atoms in total. The van der Waals surface area contributed by atoms with Crippen LogP contribution in [0.15, 0.2) is 52.9 Å². The summed E-state index contributed by atoms with van der Waals surface area (Å²) in [6.45, 7) is 3.98. The van der Waals surface area contributed by atoms with Gasteiger partial charge in [-0.05, 0) is 37.6 Å². The minimum Gasteiger partial charge on any atom is -0.358 e. The van der Waals surface area contributed by atoms with Gasteiger partial charge in [-0.15, -0.1) is 10.2 Å². The van der Waals surface area contributed by atoms with Gasteiger partial charge < -0.3 is 10.3 Å². The van der Waals surface area contributed by atoms with E-state index in [-0.39, 0.29) is 5.78 Å².